The molecule has 6 nitrogen and oxygen atoms in total. The number of hydrogen-bond acceptors (Lipinski definition) is 4. The van der Waals surface area contributed by atoms with Crippen LogP contribution in [0.5, 0.6) is 0 Å². The summed E-state index contributed by atoms with van der Waals surface area (Å²) in [6, 6.07) is 16.1. The first-order chi connectivity index (χ1) is 13.4. The van der Waals surface area contributed by atoms with Crippen LogP contribution in [0.3, 0.4) is 0 Å². The Labute approximate surface area is 165 Å². The van der Waals surface area contributed by atoms with Gasteiger partial charge in [-0.3, -0.25) is 9.59 Å². The zero-order chi connectivity index (χ0) is 20.1. The molecule has 3 N–H and O–H groups in total. The number of benzene rings is 2. The van der Waals surface area contributed by atoms with Gasteiger partial charge >= 0.3 is 0 Å². The standard InChI is InChI=1S/C22H27N3O3/c1-15-13-25(14-16(2)28-15)22(27)18-8-10-19(11-9-18)24-21(26)12-20(23)17-6-4-3-5-7-17/h3-11,15-16,20H,12-14,23H2,1-2H3,(H,24,26). The number of amides is 2. The quantitative estimate of drug-likeness (QED) is 0.834. The van der Waals surface area contributed by atoms with Crippen molar-refractivity contribution in [3.63, 3.8) is 0 Å². The molecule has 148 valence electrons. The molecule has 0 saturated carbocycles. The van der Waals surface area contributed by atoms with Gasteiger partial charge in [-0.2, -0.15) is 0 Å². The molecule has 1 saturated heterocycles. The summed E-state index contributed by atoms with van der Waals surface area (Å²) in [6.07, 6.45) is 0.244. The molecule has 2 aromatic rings. The van der Waals surface area contributed by atoms with Crippen LogP contribution < -0.4 is 11.1 Å². The van der Waals surface area contributed by atoms with E-state index in [2.05, 4.69) is 5.32 Å². The highest BCUT2D eigenvalue weighted by Gasteiger charge is 2.26. The number of anilines is 1. The molecule has 6 heteroatoms. The lowest BCUT2D eigenvalue weighted by atomic mass is 10.0. The Morgan fingerprint density at radius 2 is 1.68 bits per heavy atom. The van der Waals surface area contributed by atoms with Gasteiger partial charge in [0.1, 0.15) is 0 Å². The van der Waals surface area contributed by atoms with Gasteiger partial charge in [-0.25, -0.2) is 0 Å². The molecular formula is C22H27N3O3. The topological polar surface area (TPSA) is 84.7 Å². The molecule has 0 radical (unpaired) electrons. The summed E-state index contributed by atoms with van der Waals surface area (Å²) in [6.45, 7) is 5.10. The molecule has 3 rings (SSSR count). The summed E-state index contributed by atoms with van der Waals surface area (Å²) in [4.78, 5) is 26.8. The van der Waals surface area contributed by atoms with E-state index < -0.39 is 0 Å². The normalized spacial score (nSPS) is 20.5. The second-order valence-corrected chi connectivity index (χ2v) is 7.31. The van der Waals surface area contributed by atoms with Crippen LogP contribution in [-0.2, 0) is 9.53 Å². The number of nitrogens with one attached hydrogen (secondary N) is 1. The zero-order valence-electron chi connectivity index (χ0n) is 16.3. The van der Waals surface area contributed by atoms with Crippen molar-refractivity contribution in [3.8, 4) is 0 Å². The minimum absolute atomic E-state index is 0.0222. The number of morpholine rings is 1. The molecular weight excluding hydrogens is 354 g/mol. The van der Waals surface area contributed by atoms with Gasteiger partial charge < -0.3 is 20.7 Å². The Hall–Kier alpha value is -2.70. The van der Waals surface area contributed by atoms with Crippen molar-refractivity contribution in [1.82, 2.24) is 4.90 Å². The summed E-state index contributed by atoms with van der Waals surface area (Å²) in [5, 5.41) is 2.84. The highest BCUT2D eigenvalue weighted by Crippen LogP contribution is 2.18. The minimum Gasteiger partial charge on any atom is -0.372 e. The highest BCUT2D eigenvalue weighted by molar-refractivity contribution is 5.96. The second-order valence-electron chi connectivity index (χ2n) is 7.31. The fraction of sp³-hybridized carbons (Fsp3) is 0.364. The monoisotopic (exact) mass is 381 g/mol. The van der Waals surface area contributed by atoms with E-state index in [9.17, 15) is 9.59 Å². The Kier molecular flexibility index (Phi) is 6.44. The predicted octanol–water partition coefficient (Wildman–Crippen LogP) is 2.96. The van der Waals surface area contributed by atoms with Gasteiger partial charge in [-0.15, -0.1) is 0 Å². The van der Waals surface area contributed by atoms with Crippen molar-refractivity contribution in [3.05, 3.63) is 65.7 Å². The second kappa shape index (κ2) is 8.99. The van der Waals surface area contributed by atoms with Crippen LogP contribution in [0.4, 0.5) is 5.69 Å². The lowest BCUT2D eigenvalue weighted by Gasteiger charge is -2.35. The number of hydrogen-bond donors (Lipinski definition) is 2. The minimum atomic E-state index is -0.354. The summed E-state index contributed by atoms with van der Waals surface area (Å²) >= 11 is 0. The fourth-order valence-electron chi connectivity index (χ4n) is 3.45. The van der Waals surface area contributed by atoms with Crippen molar-refractivity contribution in [1.29, 1.82) is 0 Å². The van der Waals surface area contributed by atoms with Crippen molar-refractivity contribution in [2.24, 2.45) is 5.73 Å². The van der Waals surface area contributed by atoms with Crippen LogP contribution in [0.15, 0.2) is 54.6 Å². The summed E-state index contributed by atoms with van der Waals surface area (Å²) in [7, 11) is 0. The zero-order valence-corrected chi connectivity index (χ0v) is 16.3. The van der Waals surface area contributed by atoms with E-state index >= 15 is 0 Å². The predicted molar refractivity (Wildman–Crippen MR) is 109 cm³/mol. The summed E-state index contributed by atoms with van der Waals surface area (Å²) in [5.74, 6) is -0.183. The Balaban J connectivity index is 1.56. The van der Waals surface area contributed by atoms with Crippen LogP contribution in [0.25, 0.3) is 0 Å². The Bertz CT molecular complexity index is 798. The van der Waals surface area contributed by atoms with Gasteiger partial charge in [0.05, 0.1) is 12.2 Å². The van der Waals surface area contributed by atoms with Crippen molar-refractivity contribution in [2.45, 2.75) is 38.5 Å². The molecule has 2 amide bonds. The number of carbonyl (C=O) groups is 2. The van der Waals surface area contributed by atoms with Crippen LogP contribution in [-0.4, -0.2) is 42.0 Å². The van der Waals surface area contributed by atoms with Gasteiger partial charge in [0, 0.05) is 36.8 Å². The molecule has 0 aromatic heterocycles. The summed E-state index contributed by atoms with van der Waals surface area (Å²) in [5.41, 5.74) is 8.26. The van der Waals surface area contributed by atoms with Gasteiger partial charge in [-0.05, 0) is 43.7 Å². The third-order valence-corrected chi connectivity index (χ3v) is 4.76. The number of ether oxygens (including phenoxy) is 1. The fourth-order valence-corrected chi connectivity index (χ4v) is 3.45. The molecule has 3 atom stereocenters. The van der Waals surface area contributed by atoms with E-state index in [1.54, 1.807) is 24.3 Å². The molecule has 28 heavy (non-hydrogen) atoms. The Morgan fingerprint density at radius 1 is 1.07 bits per heavy atom. The van der Waals surface area contributed by atoms with E-state index in [1.807, 2.05) is 49.1 Å². The summed E-state index contributed by atoms with van der Waals surface area (Å²) < 4.78 is 5.68. The van der Waals surface area contributed by atoms with Crippen LogP contribution in [0.1, 0.15) is 42.2 Å². The molecule has 3 unspecified atom stereocenters. The molecule has 1 fully saturated rings. The van der Waals surface area contributed by atoms with Crippen molar-refractivity contribution < 1.29 is 14.3 Å². The molecule has 1 aliphatic heterocycles. The maximum atomic E-state index is 12.7. The van der Waals surface area contributed by atoms with Gasteiger partial charge in [0.2, 0.25) is 5.91 Å². The molecule has 0 bridgehead atoms. The van der Waals surface area contributed by atoms with Crippen LogP contribution >= 0.6 is 0 Å². The Morgan fingerprint density at radius 3 is 2.29 bits per heavy atom. The van der Waals surface area contributed by atoms with Gasteiger partial charge in [0.15, 0.2) is 0 Å². The van der Waals surface area contributed by atoms with Crippen molar-refractivity contribution in [2.75, 3.05) is 18.4 Å². The largest absolute Gasteiger partial charge is 0.372 e. The smallest absolute Gasteiger partial charge is 0.254 e. The highest BCUT2D eigenvalue weighted by atomic mass is 16.5. The third kappa shape index (κ3) is 5.18. The first-order valence-corrected chi connectivity index (χ1v) is 9.57. The molecule has 2 aromatic carbocycles. The number of nitrogens with two attached hydrogens (primary N) is 1. The SMILES string of the molecule is CC1CN(C(=O)c2ccc(NC(=O)CC(N)c3ccccc3)cc2)CC(C)O1. The average molecular weight is 381 g/mol. The lowest BCUT2D eigenvalue weighted by Crippen LogP contribution is -2.48. The molecule has 1 heterocycles. The maximum Gasteiger partial charge on any atom is 0.254 e. The van der Waals surface area contributed by atoms with Gasteiger partial charge in [0.25, 0.3) is 5.91 Å². The van der Waals surface area contributed by atoms with E-state index in [0.29, 0.717) is 24.3 Å². The number of nitrogens with zero attached hydrogens (tertiary/aromatic N) is 1. The van der Waals surface area contributed by atoms with E-state index in [4.69, 9.17) is 10.5 Å². The molecule has 0 spiro atoms. The van der Waals surface area contributed by atoms with E-state index in [1.165, 1.54) is 0 Å². The first-order valence-electron chi connectivity index (χ1n) is 9.57. The third-order valence-electron chi connectivity index (χ3n) is 4.76. The van der Waals surface area contributed by atoms with Crippen LogP contribution in [0.2, 0.25) is 0 Å². The molecule has 1 aliphatic rings. The number of rotatable bonds is 5. The molecule has 0 aliphatic carbocycles. The van der Waals surface area contributed by atoms with E-state index in [-0.39, 0.29) is 36.5 Å². The first kappa shape index (κ1) is 20.0. The number of carbonyl (C=O) groups excluding carboxylic acids is 2. The lowest BCUT2D eigenvalue weighted by molar-refractivity contribution is -0.116. The van der Waals surface area contributed by atoms with E-state index in [0.717, 1.165) is 5.56 Å². The van der Waals surface area contributed by atoms with Crippen molar-refractivity contribution >= 4 is 17.5 Å². The van der Waals surface area contributed by atoms with Crippen LogP contribution in [0, 0.1) is 0 Å². The average Bonchev–Trinajstić information content (AvgIpc) is 2.68. The maximum absolute atomic E-state index is 12.7. The van der Waals surface area contributed by atoms with Gasteiger partial charge in [-0.1, -0.05) is 30.3 Å².